The lowest BCUT2D eigenvalue weighted by Crippen LogP contribution is -1.98. The van der Waals surface area contributed by atoms with E-state index < -0.39 is 0 Å². The van der Waals surface area contributed by atoms with Crippen LogP contribution in [0.15, 0.2) is 152 Å². The van der Waals surface area contributed by atoms with Crippen molar-refractivity contribution in [3.8, 4) is 39.7 Å². The zero-order valence-corrected chi connectivity index (χ0v) is 26.7. The zero-order valence-electron chi connectivity index (χ0n) is 26.7. The van der Waals surface area contributed by atoms with E-state index >= 15 is 0 Å². The number of para-hydroxylation sites is 3. The van der Waals surface area contributed by atoms with E-state index in [4.69, 9.17) is 13.1 Å². The molecular weight excluding hydrogens is 611 g/mol. The highest BCUT2D eigenvalue weighted by Crippen LogP contribution is 2.43. The summed E-state index contributed by atoms with van der Waals surface area (Å²) in [4.78, 5) is 7.79. The quantitative estimate of drug-likeness (QED) is 0.177. The Bertz CT molecular complexity index is 2920. The number of nitriles is 1. The molecule has 0 spiro atoms. The third-order valence-corrected chi connectivity index (χ3v) is 9.56. The lowest BCUT2D eigenvalue weighted by Gasteiger charge is -2.18. The van der Waals surface area contributed by atoms with Gasteiger partial charge in [-0.3, -0.25) is 0 Å². The van der Waals surface area contributed by atoms with E-state index in [1.54, 1.807) is 0 Å². The summed E-state index contributed by atoms with van der Waals surface area (Å²) in [5.41, 5.74) is 11.5. The number of fused-ring (bicyclic) bond motifs is 6. The Morgan fingerprint density at radius 3 is 1.86 bits per heavy atom. The minimum absolute atomic E-state index is 0.549. The molecule has 2 heterocycles. The van der Waals surface area contributed by atoms with Crippen LogP contribution < -0.4 is 0 Å². The van der Waals surface area contributed by atoms with Gasteiger partial charge in [0.05, 0.1) is 47.0 Å². The van der Waals surface area contributed by atoms with Crippen LogP contribution in [0.25, 0.3) is 86.9 Å². The first kappa shape index (κ1) is 28.8. The molecule has 5 nitrogen and oxygen atoms in total. The van der Waals surface area contributed by atoms with Gasteiger partial charge in [0.15, 0.2) is 11.4 Å². The topological polar surface area (TPSA) is 42.4 Å². The maximum atomic E-state index is 9.74. The molecule has 0 atom stereocenters. The van der Waals surface area contributed by atoms with E-state index in [-0.39, 0.29) is 0 Å². The molecule has 0 aliphatic carbocycles. The predicted octanol–water partition coefficient (Wildman–Crippen LogP) is 12.2. The predicted molar refractivity (Wildman–Crippen MR) is 203 cm³/mol. The molecule has 2 aromatic heterocycles. The minimum atomic E-state index is 0.549. The van der Waals surface area contributed by atoms with Gasteiger partial charge in [-0.2, -0.15) is 5.26 Å². The highest BCUT2D eigenvalue weighted by molar-refractivity contribution is 6.16. The fourth-order valence-corrected chi connectivity index (χ4v) is 7.48. The number of aromatic nitrogens is 2. The van der Waals surface area contributed by atoms with E-state index in [2.05, 4.69) is 104 Å². The van der Waals surface area contributed by atoms with E-state index in [0.29, 0.717) is 16.9 Å². The average molecular weight is 636 g/mol. The lowest BCUT2D eigenvalue weighted by atomic mass is 9.93. The molecule has 9 rings (SSSR count). The van der Waals surface area contributed by atoms with Gasteiger partial charge < -0.3 is 9.13 Å². The standard InChI is InChI=1S/C45H25N5/c1-47-31-25-30(26-32(27-31)49-40-18-8-6-15-36(40)37-16-7-9-19-41(37)49)33-12-3-4-13-34(33)35-14-5-10-20-42(35)50-43-23-22-29(28-46)24-38(43)45-39(48-2)17-11-21-44(45)50/h3-27H. The smallest absolute Gasteiger partial charge is 0.197 e. The molecule has 230 valence electrons. The monoisotopic (exact) mass is 635 g/mol. The molecule has 0 bridgehead atoms. The van der Waals surface area contributed by atoms with Crippen molar-refractivity contribution < 1.29 is 0 Å². The van der Waals surface area contributed by atoms with Gasteiger partial charge in [-0.15, -0.1) is 0 Å². The highest BCUT2D eigenvalue weighted by Gasteiger charge is 2.20. The van der Waals surface area contributed by atoms with Gasteiger partial charge in [-0.25, -0.2) is 9.69 Å². The largest absolute Gasteiger partial charge is 0.310 e. The molecule has 0 N–H and O–H groups in total. The Hall–Kier alpha value is -7.39. The van der Waals surface area contributed by atoms with Gasteiger partial charge in [0.25, 0.3) is 0 Å². The van der Waals surface area contributed by atoms with Crippen LogP contribution in [-0.4, -0.2) is 9.13 Å². The van der Waals surface area contributed by atoms with E-state index in [0.717, 1.165) is 66.5 Å². The fraction of sp³-hybridized carbons (Fsp3) is 0. The van der Waals surface area contributed by atoms with Crippen molar-refractivity contribution in [1.82, 2.24) is 9.13 Å². The summed E-state index contributed by atoms with van der Waals surface area (Å²) < 4.78 is 4.45. The van der Waals surface area contributed by atoms with Crippen LogP contribution in [-0.2, 0) is 0 Å². The van der Waals surface area contributed by atoms with Gasteiger partial charge in [-0.05, 0) is 82.7 Å². The molecule has 0 saturated heterocycles. The van der Waals surface area contributed by atoms with Gasteiger partial charge >= 0.3 is 0 Å². The molecule has 0 aliphatic rings. The normalized spacial score (nSPS) is 11.1. The fourth-order valence-electron chi connectivity index (χ4n) is 7.48. The molecule has 0 amide bonds. The van der Waals surface area contributed by atoms with Crippen LogP contribution in [0.4, 0.5) is 11.4 Å². The van der Waals surface area contributed by atoms with Gasteiger partial charge in [0.1, 0.15) is 0 Å². The summed E-state index contributed by atoms with van der Waals surface area (Å²) in [7, 11) is 0. The summed E-state index contributed by atoms with van der Waals surface area (Å²) in [5.74, 6) is 0. The number of nitrogens with zero attached hydrogens (tertiary/aromatic N) is 5. The molecule has 0 aliphatic heterocycles. The van der Waals surface area contributed by atoms with Crippen molar-refractivity contribution in [3.63, 3.8) is 0 Å². The first-order valence-corrected chi connectivity index (χ1v) is 16.2. The molecule has 0 saturated carbocycles. The molecule has 7 aromatic carbocycles. The minimum Gasteiger partial charge on any atom is -0.310 e. The van der Waals surface area contributed by atoms with Crippen molar-refractivity contribution in [1.29, 1.82) is 5.26 Å². The van der Waals surface area contributed by atoms with Crippen LogP contribution in [0, 0.1) is 24.5 Å². The molecule has 0 unspecified atom stereocenters. The maximum absolute atomic E-state index is 9.74. The lowest BCUT2D eigenvalue weighted by molar-refractivity contribution is 1.18. The second-order valence-corrected chi connectivity index (χ2v) is 12.2. The van der Waals surface area contributed by atoms with Gasteiger partial charge in [0, 0.05) is 32.9 Å². The molecule has 9 aromatic rings. The molecular formula is C45H25N5. The summed E-state index contributed by atoms with van der Waals surface area (Å²) >= 11 is 0. The first-order valence-electron chi connectivity index (χ1n) is 16.2. The van der Waals surface area contributed by atoms with Crippen molar-refractivity contribution in [2.75, 3.05) is 0 Å². The maximum Gasteiger partial charge on any atom is 0.197 e. The third-order valence-electron chi connectivity index (χ3n) is 9.56. The molecule has 5 heteroatoms. The van der Waals surface area contributed by atoms with E-state index in [9.17, 15) is 5.26 Å². The van der Waals surface area contributed by atoms with E-state index in [1.807, 2.05) is 72.8 Å². The summed E-state index contributed by atoms with van der Waals surface area (Å²) in [6.07, 6.45) is 0. The summed E-state index contributed by atoms with van der Waals surface area (Å²) in [5, 5.41) is 13.8. The Balaban J connectivity index is 1.30. The van der Waals surface area contributed by atoms with Gasteiger partial charge in [0.2, 0.25) is 0 Å². The number of hydrogen-bond donors (Lipinski definition) is 0. The highest BCUT2D eigenvalue weighted by atomic mass is 15.0. The van der Waals surface area contributed by atoms with Crippen LogP contribution in [0.3, 0.4) is 0 Å². The summed E-state index contributed by atoms with van der Waals surface area (Å²) in [6, 6.07) is 53.3. The van der Waals surface area contributed by atoms with Crippen LogP contribution in [0.1, 0.15) is 5.56 Å². The van der Waals surface area contributed by atoms with Crippen molar-refractivity contribution in [3.05, 3.63) is 180 Å². The molecule has 0 fully saturated rings. The van der Waals surface area contributed by atoms with Crippen LogP contribution in [0.5, 0.6) is 0 Å². The Kier molecular flexibility index (Phi) is 6.56. The van der Waals surface area contributed by atoms with Crippen LogP contribution in [0.2, 0.25) is 0 Å². The van der Waals surface area contributed by atoms with Gasteiger partial charge in [-0.1, -0.05) is 91.0 Å². The average Bonchev–Trinajstić information content (AvgIpc) is 3.70. The Morgan fingerprint density at radius 1 is 0.500 bits per heavy atom. The van der Waals surface area contributed by atoms with Crippen molar-refractivity contribution in [2.24, 2.45) is 0 Å². The molecule has 0 radical (unpaired) electrons. The molecule has 50 heavy (non-hydrogen) atoms. The Morgan fingerprint density at radius 2 is 1.14 bits per heavy atom. The van der Waals surface area contributed by atoms with Crippen LogP contribution >= 0.6 is 0 Å². The SMILES string of the molecule is [C-]#[N+]c1cc(-c2ccccc2-c2ccccc2-n2c3ccc(C#N)cc3c3c([N+]#[C-])cccc32)cc(-n2c3ccccc3c3ccccc32)c1. The number of rotatable bonds is 4. The Labute approximate surface area is 288 Å². The van der Waals surface area contributed by atoms with Crippen molar-refractivity contribution >= 4 is 55.0 Å². The summed E-state index contributed by atoms with van der Waals surface area (Å²) in [6.45, 7) is 16.0. The van der Waals surface area contributed by atoms with Crippen molar-refractivity contribution in [2.45, 2.75) is 0 Å². The zero-order chi connectivity index (χ0) is 33.8. The second kappa shape index (κ2) is 11.4. The second-order valence-electron chi connectivity index (χ2n) is 12.2. The number of hydrogen-bond acceptors (Lipinski definition) is 1. The van der Waals surface area contributed by atoms with E-state index in [1.165, 1.54) is 10.8 Å². The third kappa shape index (κ3) is 4.31. The first-order chi connectivity index (χ1) is 24.7. The number of benzene rings is 7.